The van der Waals surface area contributed by atoms with Crippen LogP contribution in [0.15, 0.2) is 18.2 Å². The smallest absolute Gasteiger partial charge is 0.232 e. The van der Waals surface area contributed by atoms with Crippen molar-refractivity contribution in [3.8, 4) is 0 Å². The molecule has 33 heavy (non-hydrogen) atoms. The summed E-state index contributed by atoms with van der Waals surface area (Å²) < 4.78 is 0. The lowest BCUT2D eigenvalue weighted by atomic mass is 10.2. The van der Waals surface area contributed by atoms with E-state index in [0.29, 0.717) is 17.1 Å². The van der Waals surface area contributed by atoms with Crippen LogP contribution < -0.4 is 16.0 Å². The van der Waals surface area contributed by atoms with Crippen LogP contribution >= 0.6 is 69.6 Å². The highest BCUT2D eigenvalue weighted by molar-refractivity contribution is 6.32. The van der Waals surface area contributed by atoms with E-state index >= 15 is 0 Å². The zero-order valence-electron chi connectivity index (χ0n) is 15.5. The first kappa shape index (κ1) is 23.5. The molecule has 0 unspecified atom stereocenters. The second-order valence-corrected chi connectivity index (χ2v) is 7.79. The van der Waals surface area contributed by atoms with Crippen molar-refractivity contribution in [1.29, 1.82) is 0 Å². The van der Waals surface area contributed by atoms with Gasteiger partial charge in [-0.05, 0) is 87.8 Å². The number of benzene rings is 1. The van der Waals surface area contributed by atoms with E-state index in [1.165, 1.54) is 0 Å². The topological polar surface area (TPSA) is 152 Å². The van der Waals surface area contributed by atoms with Crippen molar-refractivity contribution in [3.63, 3.8) is 0 Å². The Hall–Kier alpha value is -2.61. The van der Waals surface area contributed by atoms with Crippen molar-refractivity contribution in [1.82, 2.24) is 44.9 Å². The van der Waals surface area contributed by atoms with Gasteiger partial charge in [-0.2, -0.15) is 44.9 Å². The van der Waals surface area contributed by atoms with E-state index in [0.717, 1.165) is 0 Å². The van der Waals surface area contributed by atoms with E-state index in [1.807, 2.05) is 0 Å². The Balaban J connectivity index is 1.71. The average Bonchev–Trinajstić information content (AvgIpc) is 2.65. The van der Waals surface area contributed by atoms with Gasteiger partial charge in [0.1, 0.15) is 0 Å². The monoisotopic (exact) mass is 564 g/mol. The van der Waals surface area contributed by atoms with Gasteiger partial charge in [0.2, 0.25) is 49.5 Å². The molecule has 4 aromatic rings. The van der Waals surface area contributed by atoms with Crippen LogP contribution in [-0.4, -0.2) is 44.9 Å². The van der Waals surface area contributed by atoms with Crippen LogP contribution in [0, 0.1) is 0 Å². The first-order valence-electron chi connectivity index (χ1n) is 8.39. The Labute approximate surface area is 214 Å². The minimum Gasteiger partial charge on any atom is -0.324 e. The quantitative estimate of drug-likeness (QED) is 0.274. The summed E-state index contributed by atoms with van der Waals surface area (Å²) in [5, 5.41) is 8.35. The van der Waals surface area contributed by atoms with Crippen molar-refractivity contribution >= 4 is 105 Å². The zero-order chi connectivity index (χ0) is 23.5. The molecular weight excluding hydrogens is 561 g/mol. The molecule has 0 fully saturated rings. The number of hydrogen-bond acceptors (Lipinski definition) is 12. The minimum absolute atomic E-state index is 0.0888. The summed E-state index contributed by atoms with van der Waals surface area (Å²) in [6.45, 7) is 0. The molecule has 0 aliphatic rings. The van der Waals surface area contributed by atoms with E-state index in [2.05, 4.69) is 60.8 Å². The molecule has 1 aromatic carbocycles. The van der Waals surface area contributed by atoms with Gasteiger partial charge in [-0.1, -0.05) is 0 Å². The van der Waals surface area contributed by atoms with Gasteiger partial charge in [0, 0.05) is 17.1 Å². The molecule has 0 aliphatic carbocycles. The maximum atomic E-state index is 5.85. The summed E-state index contributed by atoms with van der Waals surface area (Å²) in [6, 6.07) is 5.03. The number of hydrogen-bond donors (Lipinski definition) is 3. The van der Waals surface area contributed by atoms with Gasteiger partial charge in [0.05, 0.1) is 0 Å². The molecule has 3 N–H and O–H groups in total. The number of rotatable bonds is 6. The average molecular weight is 567 g/mol. The van der Waals surface area contributed by atoms with E-state index < -0.39 is 0 Å². The molecule has 0 amide bonds. The number of nitrogens with zero attached hydrogens (tertiary/aromatic N) is 9. The van der Waals surface area contributed by atoms with Crippen LogP contribution in [0.5, 0.6) is 0 Å². The summed E-state index contributed by atoms with van der Waals surface area (Å²) in [6.07, 6.45) is 0. The SMILES string of the molecule is Clc1nc(Cl)nc(Nc2cc(Nc3nc(Cl)nc(Cl)n3)cc(Nc3nc(Cl)nc(Cl)n3)c2)n1. The van der Waals surface area contributed by atoms with E-state index in [1.54, 1.807) is 18.2 Å². The number of anilines is 6. The van der Waals surface area contributed by atoms with Gasteiger partial charge in [-0.25, -0.2) is 0 Å². The summed E-state index contributed by atoms with van der Waals surface area (Å²) in [4.78, 5) is 35.0. The third-order valence-electron chi connectivity index (χ3n) is 3.44. The minimum atomic E-state index is -0.0888. The molecule has 0 bridgehead atoms. The van der Waals surface area contributed by atoms with Crippen molar-refractivity contribution < 1.29 is 0 Å². The van der Waals surface area contributed by atoms with Gasteiger partial charge in [-0.3, -0.25) is 0 Å². The molecule has 0 atom stereocenters. The van der Waals surface area contributed by atoms with Crippen LogP contribution in [0.25, 0.3) is 0 Å². The van der Waals surface area contributed by atoms with Gasteiger partial charge in [-0.15, -0.1) is 0 Å². The van der Waals surface area contributed by atoms with Crippen molar-refractivity contribution in [2.24, 2.45) is 0 Å². The third-order valence-corrected chi connectivity index (χ3v) is 4.46. The summed E-state index contributed by atoms with van der Waals surface area (Å²) in [5.74, 6) is 0.293. The normalized spacial score (nSPS) is 10.7. The van der Waals surface area contributed by atoms with Crippen LogP contribution in [0.2, 0.25) is 31.7 Å². The lowest BCUT2D eigenvalue weighted by molar-refractivity contribution is 1.05. The molecule has 18 heteroatoms. The maximum Gasteiger partial charge on any atom is 0.232 e. The molecular formula is C15H6Cl6N12. The highest BCUT2D eigenvalue weighted by atomic mass is 35.5. The van der Waals surface area contributed by atoms with E-state index in [9.17, 15) is 0 Å². The highest BCUT2D eigenvalue weighted by Gasteiger charge is 2.11. The number of nitrogens with one attached hydrogen (secondary N) is 3. The van der Waals surface area contributed by atoms with Gasteiger partial charge >= 0.3 is 0 Å². The molecule has 0 aliphatic heterocycles. The Morgan fingerprint density at radius 1 is 0.364 bits per heavy atom. The molecule has 3 aromatic heterocycles. The molecule has 12 nitrogen and oxygen atoms in total. The second kappa shape index (κ2) is 10.1. The maximum absolute atomic E-state index is 5.85. The molecule has 0 saturated carbocycles. The molecule has 0 spiro atoms. The molecule has 4 rings (SSSR count). The lowest BCUT2D eigenvalue weighted by Gasteiger charge is -2.13. The predicted octanol–water partition coefficient (Wildman–Crippen LogP) is 5.39. The Bertz CT molecular complexity index is 1110. The first-order valence-corrected chi connectivity index (χ1v) is 10.7. The van der Waals surface area contributed by atoms with E-state index in [-0.39, 0.29) is 49.5 Å². The van der Waals surface area contributed by atoms with Gasteiger partial charge in [0.25, 0.3) is 0 Å². The number of aromatic nitrogens is 9. The summed E-state index contributed by atoms with van der Waals surface area (Å²) in [5.41, 5.74) is 1.45. The lowest BCUT2D eigenvalue weighted by Crippen LogP contribution is -2.04. The Morgan fingerprint density at radius 2 is 0.576 bits per heavy atom. The van der Waals surface area contributed by atoms with Crippen LogP contribution in [0.3, 0.4) is 0 Å². The zero-order valence-corrected chi connectivity index (χ0v) is 20.1. The molecule has 3 heterocycles. The van der Waals surface area contributed by atoms with Crippen molar-refractivity contribution in [2.75, 3.05) is 16.0 Å². The Kier molecular flexibility index (Phi) is 7.22. The Morgan fingerprint density at radius 3 is 0.788 bits per heavy atom. The van der Waals surface area contributed by atoms with Crippen molar-refractivity contribution in [3.05, 3.63) is 49.9 Å². The molecule has 168 valence electrons. The summed E-state index contributed by atoms with van der Waals surface area (Å²) in [7, 11) is 0. The summed E-state index contributed by atoms with van der Waals surface area (Å²) >= 11 is 35.1. The van der Waals surface area contributed by atoms with Crippen LogP contribution in [-0.2, 0) is 0 Å². The van der Waals surface area contributed by atoms with Gasteiger partial charge in [0.15, 0.2) is 0 Å². The standard InChI is InChI=1S/C15H6Cl6N12/c16-7-25-8(17)29-13(28-7)22-4-1-5(23-14-30-9(18)26-10(19)31-14)3-6(2-4)24-15-32-11(20)27-12(21)33-15/h1-3H,(H,22,25,28,29)(H,23,26,30,31)(H,24,27,32,33). The number of halogens is 6. The molecule has 0 saturated heterocycles. The fourth-order valence-corrected chi connectivity index (χ4v) is 3.47. The predicted molar refractivity (Wildman–Crippen MR) is 126 cm³/mol. The molecule has 0 radical (unpaired) electrons. The largest absolute Gasteiger partial charge is 0.324 e. The van der Waals surface area contributed by atoms with Crippen molar-refractivity contribution in [2.45, 2.75) is 0 Å². The third kappa shape index (κ3) is 6.69. The fraction of sp³-hybridized carbons (Fsp3) is 0. The van der Waals surface area contributed by atoms with E-state index in [4.69, 9.17) is 69.6 Å². The van der Waals surface area contributed by atoms with Crippen LogP contribution in [0.4, 0.5) is 34.9 Å². The van der Waals surface area contributed by atoms with Crippen LogP contribution in [0.1, 0.15) is 0 Å². The first-order chi connectivity index (χ1) is 15.7. The van der Waals surface area contributed by atoms with Gasteiger partial charge < -0.3 is 16.0 Å². The highest BCUT2D eigenvalue weighted by Crippen LogP contribution is 2.28. The second-order valence-electron chi connectivity index (χ2n) is 5.77. The fourth-order valence-electron chi connectivity index (χ4n) is 2.38.